The second kappa shape index (κ2) is 5.53. The molecule has 0 fully saturated rings. The van der Waals surface area contributed by atoms with Crippen molar-refractivity contribution in [2.24, 2.45) is 0 Å². The molecule has 0 atom stereocenters. The molecule has 1 rings (SSSR count). The van der Waals surface area contributed by atoms with E-state index in [1.54, 1.807) is 0 Å². The maximum Gasteiger partial charge on any atom is 0.328 e. The molecule has 0 aromatic heterocycles. The molecule has 0 amide bonds. The van der Waals surface area contributed by atoms with E-state index in [2.05, 4.69) is 0 Å². The van der Waals surface area contributed by atoms with Crippen LogP contribution in [0.15, 0.2) is 24.3 Å². The van der Waals surface area contributed by atoms with Crippen molar-refractivity contribution in [3.05, 3.63) is 35.4 Å². The maximum atomic E-state index is 10.4. The lowest BCUT2D eigenvalue weighted by Crippen LogP contribution is -1.97. The van der Waals surface area contributed by atoms with E-state index >= 15 is 0 Å². The molecule has 18 heavy (non-hydrogen) atoms. The largest absolute Gasteiger partial charge is 0.478 e. The van der Waals surface area contributed by atoms with Crippen LogP contribution in [0.2, 0.25) is 0 Å². The van der Waals surface area contributed by atoms with Crippen molar-refractivity contribution >= 4 is 35.5 Å². The van der Waals surface area contributed by atoms with Gasteiger partial charge >= 0.3 is 11.9 Å². The normalized spacial score (nSPS) is 11.1. The number of rotatable bonds is 4. The minimum atomic E-state index is -1.10. The van der Waals surface area contributed by atoms with Gasteiger partial charge < -0.3 is 21.7 Å². The minimum Gasteiger partial charge on any atom is -0.478 e. The Kier molecular flexibility index (Phi) is 4.09. The SMILES string of the molecule is Nc1cc(N)c(C=CC(=O)O)cc1C=CC(=O)O. The van der Waals surface area contributed by atoms with Crippen LogP contribution in [0.1, 0.15) is 11.1 Å². The predicted octanol–water partition coefficient (Wildman–Crippen LogP) is 1.05. The molecule has 0 saturated carbocycles. The van der Waals surface area contributed by atoms with Gasteiger partial charge in [0.15, 0.2) is 0 Å². The fraction of sp³-hybridized carbons (Fsp3) is 0. The van der Waals surface area contributed by atoms with Gasteiger partial charge in [-0.1, -0.05) is 0 Å². The van der Waals surface area contributed by atoms with Crippen LogP contribution in [0, 0.1) is 0 Å². The number of carbonyl (C=O) groups is 2. The van der Waals surface area contributed by atoms with Crippen molar-refractivity contribution in [3.63, 3.8) is 0 Å². The summed E-state index contributed by atoms with van der Waals surface area (Å²) in [5, 5.41) is 17.0. The average Bonchev–Trinajstić information content (AvgIpc) is 2.26. The zero-order valence-corrected chi connectivity index (χ0v) is 9.33. The molecule has 6 nitrogen and oxygen atoms in total. The Balaban J connectivity index is 3.17. The Morgan fingerprint density at radius 2 is 1.28 bits per heavy atom. The van der Waals surface area contributed by atoms with Crippen LogP contribution in [-0.2, 0) is 9.59 Å². The number of hydrogen-bond donors (Lipinski definition) is 4. The highest BCUT2D eigenvalue weighted by Crippen LogP contribution is 2.23. The van der Waals surface area contributed by atoms with Crippen molar-refractivity contribution < 1.29 is 19.8 Å². The lowest BCUT2D eigenvalue weighted by Gasteiger charge is -2.06. The lowest BCUT2D eigenvalue weighted by atomic mass is 10.1. The number of anilines is 2. The Bertz CT molecular complexity index is 502. The number of benzene rings is 1. The summed E-state index contributed by atoms with van der Waals surface area (Å²) in [6.07, 6.45) is 4.50. The van der Waals surface area contributed by atoms with Gasteiger partial charge in [0.05, 0.1) is 0 Å². The van der Waals surface area contributed by atoms with E-state index in [9.17, 15) is 9.59 Å². The fourth-order valence-electron chi connectivity index (χ4n) is 1.28. The first-order chi connectivity index (χ1) is 8.40. The monoisotopic (exact) mass is 248 g/mol. The van der Waals surface area contributed by atoms with Crippen LogP contribution in [-0.4, -0.2) is 22.2 Å². The van der Waals surface area contributed by atoms with Crippen LogP contribution in [0.3, 0.4) is 0 Å². The highest BCUT2D eigenvalue weighted by Gasteiger charge is 2.03. The van der Waals surface area contributed by atoms with Crippen LogP contribution in [0.25, 0.3) is 12.2 Å². The third kappa shape index (κ3) is 3.67. The summed E-state index contributed by atoms with van der Waals surface area (Å²) in [6, 6.07) is 2.96. The second-order valence-electron chi connectivity index (χ2n) is 3.45. The van der Waals surface area contributed by atoms with Crippen molar-refractivity contribution in [2.45, 2.75) is 0 Å². The first-order valence-electron chi connectivity index (χ1n) is 4.91. The molecule has 0 aliphatic rings. The van der Waals surface area contributed by atoms with Crippen LogP contribution < -0.4 is 11.5 Å². The van der Waals surface area contributed by atoms with Gasteiger partial charge in [0.25, 0.3) is 0 Å². The summed E-state index contributed by atoms with van der Waals surface area (Å²) in [5.74, 6) is -2.21. The summed E-state index contributed by atoms with van der Waals surface area (Å²) >= 11 is 0. The molecule has 6 N–H and O–H groups in total. The van der Waals surface area contributed by atoms with Gasteiger partial charge in [-0.15, -0.1) is 0 Å². The van der Waals surface area contributed by atoms with E-state index in [1.165, 1.54) is 24.3 Å². The molecule has 0 unspecified atom stereocenters. The summed E-state index contributed by atoms with van der Waals surface area (Å²) < 4.78 is 0. The van der Waals surface area contributed by atoms with Crippen molar-refractivity contribution in [3.8, 4) is 0 Å². The minimum absolute atomic E-state index is 0.317. The molecule has 0 saturated heterocycles. The van der Waals surface area contributed by atoms with Crippen LogP contribution in [0.4, 0.5) is 11.4 Å². The number of aliphatic carboxylic acids is 2. The topological polar surface area (TPSA) is 127 Å². The summed E-state index contributed by atoms with van der Waals surface area (Å²) in [4.78, 5) is 20.8. The Morgan fingerprint density at radius 3 is 1.61 bits per heavy atom. The number of carboxylic acids is 2. The standard InChI is InChI=1S/C12H12N2O4/c13-9-6-10(14)8(2-4-12(17)18)5-7(9)1-3-11(15)16/h1-6H,13-14H2,(H,15,16)(H,17,18). The predicted molar refractivity (Wildman–Crippen MR) is 68.6 cm³/mol. The summed E-state index contributed by atoms with van der Waals surface area (Å²) in [6.45, 7) is 0. The molecule has 0 bridgehead atoms. The van der Waals surface area contributed by atoms with Gasteiger partial charge in [-0.3, -0.25) is 0 Å². The molecule has 94 valence electrons. The van der Waals surface area contributed by atoms with Gasteiger partial charge in [0.1, 0.15) is 0 Å². The van der Waals surface area contributed by atoms with Gasteiger partial charge in [-0.2, -0.15) is 0 Å². The molecule has 0 spiro atoms. The molecule has 1 aromatic carbocycles. The van der Waals surface area contributed by atoms with E-state index in [0.29, 0.717) is 22.5 Å². The molecule has 0 aliphatic carbocycles. The highest BCUT2D eigenvalue weighted by molar-refractivity contribution is 5.90. The van der Waals surface area contributed by atoms with E-state index in [-0.39, 0.29) is 0 Å². The van der Waals surface area contributed by atoms with Crippen LogP contribution >= 0.6 is 0 Å². The van der Waals surface area contributed by atoms with E-state index in [4.69, 9.17) is 21.7 Å². The van der Waals surface area contributed by atoms with Crippen molar-refractivity contribution in [2.75, 3.05) is 11.5 Å². The van der Waals surface area contributed by atoms with Gasteiger partial charge in [0.2, 0.25) is 0 Å². The second-order valence-corrected chi connectivity index (χ2v) is 3.45. The third-order valence-electron chi connectivity index (χ3n) is 2.10. The number of hydrogen-bond acceptors (Lipinski definition) is 4. The van der Waals surface area contributed by atoms with E-state index in [0.717, 1.165) is 12.2 Å². The maximum absolute atomic E-state index is 10.4. The first-order valence-corrected chi connectivity index (χ1v) is 4.91. The fourth-order valence-corrected chi connectivity index (χ4v) is 1.28. The molecule has 1 aromatic rings. The molecular weight excluding hydrogens is 236 g/mol. The number of carboxylic acid groups (broad SMARTS) is 2. The summed E-state index contributed by atoms with van der Waals surface area (Å²) in [7, 11) is 0. The third-order valence-corrected chi connectivity index (χ3v) is 2.10. The van der Waals surface area contributed by atoms with Gasteiger partial charge in [0, 0.05) is 23.5 Å². The quantitative estimate of drug-likeness (QED) is 0.466. The molecular formula is C12H12N2O4. The molecule has 0 heterocycles. The Labute approximate surface area is 103 Å². The van der Waals surface area contributed by atoms with Crippen molar-refractivity contribution in [1.82, 2.24) is 0 Å². The Morgan fingerprint density at radius 1 is 0.889 bits per heavy atom. The summed E-state index contributed by atoms with van der Waals surface area (Å²) in [5.41, 5.74) is 12.9. The molecule has 0 radical (unpaired) electrons. The van der Waals surface area contributed by atoms with E-state index < -0.39 is 11.9 Å². The average molecular weight is 248 g/mol. The van der Waals surface area contributed by atoms with Crippen LogP contribution in [0.5, 0.6) is 0 Å². The lowest BCUT2D eigenvalue weighted by molar-refractivity contribution is -0.132. The smallest absolute Gasteiger partial charge is 0.328 e. The highest BCUT2D eigenvalue weighted by atomic mass is 16.4. The van der Waals surface area contributed by atoms with Crippen molar-refractivity contribution in [1.29, 1.82) is 0 Å². The zero-order valence-electron chi connectivity index (χ0n) is 9.33. The first kappa shape index (κ1) is 13.3. The van der Waals surface area contributed by atoms with E-state index in [1.807, 2.05) is 0 Å². The van der Waals surface area contributed by atoms with Gasteiger partial charge in [-0.05, 0) is 35.4 Å². The Hall–Kier alpha value is -2.76. The number of nitrogens with two attached hydrogens (primary N) is 2. The zero-order chi connectivity index (χ0) is 13.7. The van der Waals surface area contributed by atoms with Gasteiger partial charge in [-0.25, -0.2) is 9.59 Å². The molecule has 0 aliphatic heterocycles. The molecule has 6 heteroatoms. The number of nitrogen functional groups attached to an aromatic ring is 2.